The van der Waals surface area contributed by atoms with Gasteiger partial charge in [0, 0.05) is 48.7 Å². The van der Waals surface area contributed by atoms with Gasteiger partial charge in [0.05, 0.1) is 16.9 Å². The zero-order chi connectivity index (χ0) is 26.8. The Morgan fingerprint density at radius 1 is 0.974 bits per heavy atom. The van der Waals surface area contributed by atoms with Gasteiger partial charge < -0.3 is 26.3 Å². The molecule has 0 spiro atoms. The Balaban J connectivity index is 1.55. The topological polar surface area (TPSA) is 114 Å². The first kappa shape index (κ1) is 24.9. The van der Waals surface area contributed by atoms with E-state index >= 15 is 4.39 Å². The number of hydrogen-bond acceptors (Lipinski definition) is 5. The van der Waals surface area contributed by atoms with Crippen molar-refractivity contribution in [2.75, 3.05) is 23.0 Å². The van der Waals surface area contributed by atoms with Crippen LogP contribution in [0, 0.1) is 5.82 Å². The number of nitrogens with zero attached hydrogens (tertiary/aromatic N) is 2. The summed E-state index contributed by atoms with van der Waals surface area (Å²) < 4.78 is 16.7. The van der Waals surface area contributed by atoms with E-state index in [1.807, 2.05) is 49.4 Å². The van der Waals surface area contributed by atoms with Crippen molar-refractivity contribution in [3.63, 3.8) is 0 Å². The third-order valence-electron chi connectivity index (χ3n) is 6.54. The molecular formula is C29H27FN6O2. The van der Waals surface area contributed by atoms with Gasteiger partial charge in [-0.2, -0.15) is 0 Å². The highest BCUT2D eigenvalue weighted by Gasteiger charge is 2.18. The number of aryl methyl sites for hydroxylation is 1. The number of fused-ring (bicyclic) bond motifs is 2. The van der Waals surface area contributed by atoms with Crippen LogP contribution in [0.25, 0.3) is 32.8 Å². The van der Waals surface area contributed by atoms with Crippen LogP contribution in [0.5, 0.6) is 0 Å². The van der Waals surface area contributed by atoms with Crippen LogP contribution in [-0.4, -0.2) is 22.6 Å². The molecule has 2 aromatic heterocycles. The van der Waals surface area contributed by atoms with E-state index in [0.717, 1.165) is 21.7 Å². The van der Waals surface area contributed by atoms with Gasteiger partial charge in [0.15, 0.2) is 0 Å². The standard InChI is InChI=1S/C29H27FN6O2/c1-3-36-26-14-27(32-2)33-16-19(26)11-22(28(36)37)21-13-25(23(30)12-18(21)15-31)35-29(38)34-24-10-6-8-17-7-4-5-9-20(17)24/h4-14,16H,3,15,31H2,1-2H3,(H,32,33)(H2,34,35,38). The van der Waals surface area contributed by atoms with E-state index in [0.29, 0.717) is 34.7 Å². The van der Waals surface area contributed by atoms with Crippen LogP contribution >= 0.6 is 0 Å². The molecule has 0 saturated heterocycles. The summed E-state index contributed by atoms with van der Waals surface area (Å²) in [5.41, 5.74) is 8.17. The van der Waals surface area contributed by atoms with Crippen molar-refractivity contribution in [3.05, 3.63) is 94.7 Å². The van der Waals surface area contributed by atoms with Crippen molar-refractivity contribution in [2.24, 2.45) is 5.73 Å². The molecule has 0 saturated carbocycles. The molecular weight excluding hydrogens is 483 g/mol. The highest BCUT2D eigenvalue weighted by atomic mass is 19.1. The summed E-state index contributed by atoms with van der Waals surface area (Å²) in [5, 5.41) is 10.9. The van der Waals surface area contributed by atoms with Crippen LogP contribution in [0.2, 0.25) is 0 Å². The number of urea groups is 1. The predicted molar refractivity (Wildman–Crippen MR) is 151 cm³/mol. The van der Waals surface area contributed by atoms with Gasteiger partial charge in [-0.05, 0) is 47.7 Å². The van der Waals surface area contributed by atoms with E-state index < -0.39 is 11.8 Å². The molecule has 0 aliphatic carbocycles. The smallest absolute Gasteiger partial charge is 0.323 e. The number of aromatic nitrogens is 2. The largest absolute Gasteiger partial charge is 0.373 e. The molecule has 5 rings (SSSR count). The number of benzene rings is 3. The molecule has 5 N–H and O–H groups in total. The lowest BCUT2D eigenvalue weighted by atomic mass is 9.98. The summed E-state index contributed by atoms with van der Waals surface area (Å²) in [6.07, 6.45) is 1.68. The van der Waals surface area contributed by atoms with E-state index in [1.54, 1.807) is 29.9 Å². The molecule has 0 aliphatic rings. The summed E-state index contributed by atoms with van der Waals surface area (Å²) in [5.74, 6) is -0.0147. The molecule has 38 heavy (non-hydrogen) atoms. The number of hydrogen-bond donors (Lipinski definition) is 4. The van der Waals surface area contributed by atoms with Gasteiger partial charge in [-0.3, -0.25) is 4.79 Å². The van der Waals surface area contributed by atoms with Crippen molar-refractivity contribution < 1.29 is 9.18 Å². The van der Waals surface area contributed by atoms with E-state index in [2.05, 4.69) is 20.9 Å². The minimum atomic E-state index is -0.654. The number of halogens is 1. The first-order chi connectivity index (χ1) is 18.4. The normalized spacial score (nSPS) is 11.1. The van der Waals surface area contributed by atoms with Crippen LogP contribution in [0.1, 0.15) is 12.5 Å². The zero-order valence-electron chi connectivity index (χ0n) is 21.0. The molecule has 0 radical (unpaired) electrons. The van der Waals surface area contributed by atoms with E-state index in [4.69, 9.17) is 5.73 Å². The van der Waals surface area contributed by atoms with Gasteiger partial charge in [-0.15, -0.1) is 0 Å². The highest BCUT2D eigenvalue weighted by molar-refractivity contribution is 6.06. The average Bonchev–Trinajstić information content (AvgIpc) is 2.93. The van der Waals surface area contributed by atoms with Crippen LogP contribution in [-0.2, 0) is 13.1 Å². The molecule has 5 aromatic rings. The molecule has 0 atom stereocenters. The first-order valence-corrected chi connectivity index (χ1v) is 12.2. The Bertz CT molecular complexity index is 1740. The second-order valence-corrected chi connectivity index (χ2v) is 8.78. The van der Waals surface area contributed by atoms with Crippen molar-refractivity contribution >= 4 is 44.9 Å². The van der Waals surface area contributed by atoms with Gasteiger partial charge in [0.1, 0.15) is 11.6 Å². The summed E-state index contributed by atoms with van der Waals surface area (Å²) in [6, 6.07) is 18.8. The number of amides is 2. The Kier molecular flexibility index (Phi) is 6.76. The number of rotatable bonds is 6. The monoisotopic (exact) mass is 510 g/mol. The molecule has 8 nitrogen and oxygen atoms in total. The summed E-state index contributed by atoms with van der Waals surface area (Å²) >= 11 is 0. The Hall–Kier alpha value is -4.76. The number of nitrogens with two attached hydrogens (primary N) is 1. The highest BCUT2D eigenvalue weighted by Crippen LogP contribution is 2.30. The number of pyridine rings is 2. The van der Waals surface area contributed by atoms with E-state index in [9.17, 15) is 9.59 Å². The molecule has 2 heterocycles. The van der Waals surface area contributed by atoms with E-state index in [1.165, 1.54) is 12.1 Å². The van der Waals surface area contributed by atoms with Crippen molar-refractivity contribution in [3.8, 4) is 11.1 Å². The molecule has 0 unspecified atom stereocenters. The van der Waals surface area contributed by atoms with E-state index in [-0.39, 0.29) is 17.8 Å². The maximum atomic E-state index is 15.1. The van der Waals surface area contributed by atoms with Crippen molar-refractivity contribution in [2.45, 2.75) is 20.0 Å². The van der Waals surface area contributed by atoms with Gasteiger partial charge >= 0.3 is 6.03 Å². The second-order valence-electron chi connectivity index (χ2n) is 8.78. The second kappa shape index (κ2) is 10.3. The summed E-state index contributed by atoms with van der Waals surface area (Å²) in [7, 11) is 1.76. The quantitative estimate of drug-likeness (QED) is 0.240. The molecule has 2 amide bonds. The third-order valence-corrected chi connectivity index (χ3v) is 6.54. The number of carbonyl (C=O) groups excluding carboxylic acids is 1. The van der Waals surface area contributed by atoms with Crippen LogP contribution < -0.4 is 27.2 Å². The molecule has 192 valence electrons. The molecule has 9 heteroatoms. The third kappa shape index (κ3) is 4.55. The SMILES string of the molecule is CCn1c(=O)c(-c2cc(NC(=O)Nc3cccc4ccccc34)c(F)cc2CN)cc2cnc(NC)cc21. The Morgan fingerprint density at radius 2 is 1.74 bits per heavy atom. The first-order valence-electron chi connectivity index (χ1n) is 12.2. The Labute approximate surface area is 218 Å². The lowest BCUT2D eigenvalue weighted by Crippen LogP contribution is -2.23. The lowest BCUT2D eigenvalue weighted by Gasteiger charge is -2.16. The fourth-order valence-electron chi connectivity index (χ4n) is 4.66. The van der Waals surface area contributed by atoms with Crippen molar-refractivity contribution in [1.82, 2.24) is 9.55 Å². The van der Waals surface area contributed by atoms with Gasteiger partial charge in [0.2, 0.25) is 0 Å². The predicted octanol–water partition coefficient (Wildman–Crippen LogP) is 5.52. The molecule has 3 aromatic carbocycles. The zero-order valence-corrected chi connectivity index (χ0v) is 21.0. The Morgan fingerprint density at radius 3 is 2.50 bits per heavy atom. The van der Waals surface area contributed by atoms with Gasteiger partial charge in [0.25, 0.3) is 5.56 Å². The minimum Gasteiger partial charge on any atom is -0.373 e. The average molecular weight is 511 g/mol. The van der Waals surface area contributed by atoms with Crippen LogP contribution in [0.15, 0.2) is 77.7 Å². The summed E-state index contributed by atoms with van der Waals surface area (Å²) in [6.45, 7) is 2.31. The molecule has 0 aliphatic heterocycles. The van der Waals surface area contributed by atoms with Gasteiger partial charge in [-0.25, -0.2) is 14.2 Å². The number of anilines is 3. The van der Waals surface area contributed by atoms with Crippen molar-refractivity contribution in [1.29, 1.82) is 0 Å². The summed E-state index contributed by atoms with van der Waals surface area (Å²) in [4.78, 5) is 30.8. The fraction of sp³-hybridized carbons (Fsp3) is 0.138. The molecule has 0 bridgehead atoms. The maximum absolute atomic E-state index is 15.1. The number of nitrogens with one attached hydrogen (secondary N) is 3. The minimum absolute atomic E-state index is 0.00921. The maximum Gasteiger partial charge on any atom is 0.323 e. The lowest BCUT2D eigenvalue weighted by molar-refractivity contribution is 0.262. The molecule has 0 fully saturated rings. The van der Waals surface area contributed by atoms with Crippen LogP contribution in [0.4, 0.5) is 26.4 Å². The van der Waals surface area contributed by atoms with Crippen LogP contribution in [0.3, 0.4) is 0 Å². The van der Waals surface area contributed by atoms with Gasteiger partial charge in [-0.1, -0.05) is 36.4 Å². The fourth-order valence-corrected chi connectivity index (χ4v) is 4.66. The number of carbonyl (C=O) groups is 1.